The van der Waals surface area contributed by atoms with E-state index in [-0.39, 0.29) is 6.42 Å². The number of hydrogen-bond donors (Lipinski definition) is 3. The van der Waals surface area contributed by atoms with Gasteiger partial charge in [-0.25, -0.2) is 4.79 Å². The SMILES string of the molecule is CCCC1(C(NC(=O)c2ccccc2C)c2ccncc2)C(=O)NC(=O)NC1=O. The Labute approximate surface area is 168 Å². The molecule has 1 fully saturated rings. The first-order valence-electron chi connectivity index (χ1n) is 9.33. The van der Waals surface area contributed by atoms with Crippen LogP contribution in [0.15, 0.2) is 48.8 Å². The first kappa shape index (κ1) is 20.2. The van der Waals surface area contributed by atoms with Crippen molar-refractivity contribution in [3.05, 3.63) is 65.5 Å². The summed E-state index contributed by atoms with van der Waals surface area (Å²) in [7, 11) is 0. The molecule has 8 nitrogen and oxygen atoms in total. The minimum absolute atomic E-state index is 0.138. The highest BCUT2D eigenvalue weighted by molar-refractivity contribution is 6.20. The van der Waals surface area contributed by atoms with Crippen LogP contribution >= 0.6 is 0 Å². The van der Waals surface area contributed by atoms with Gasteiger partial charge in [-0.2, -0.15) is 0 Å². The maximum atomic E-state index is 13.1. The molecule has 0 aliphatic carbocycles. The Morgan fingerprint density at radius 2 is 1.69 bits per heavy atom. The molecule has 0 bridgehead atoms. The average Bonchev–Trinajstić information content (AvgIpc) is 2.70. The van der Waals surface area contributed by atoms with Crippen molar-refractivity contribution in [2.75, 3.05) is 0 Å². The van der Waals surface area contributed by atoms with Crippen LogP contribution in [0, 0.1) is 12.3 Å². The zero-order valence-electron chi connectivity index (χ0n) is 16.2. The van der Waals surface area contributed by atoms with Crippen molar-refractivity contribution in [2.24, 2.45) is 5.41 Å². The van der Waals surface area contributed by atoms with Gasteiger partial charge in [0.15, 0.2) is 5.41 Å². The van der Waals surface area contributed by atoms with Crippen LogP contribution in [0.5, 0.6) is 0 Å². The molecule has 2 heterocycles. The van der Waals surface area contributed by atoms with Crippen molar-refractivity contribution in [1.82, 2.24) is 20.9 Å². The molecule has 2 aromatic rings. The molecule has 1 unspecified atom stereocenters. The summed E-state index contributed by atoms with van der Waals surface area (Å²) in [6, 6.07) is 8.44. The summed E-state index contributed by atoms with van der Waals surface area (Å²) in [5, 5.41) is 7.23. The summed E-state index contributed by atoms with van der Waals surface area (Å²) in [6.07, 6.45) is 3.66. The fourth-order valence-electron chi connectivity index (χ4n) is 3.68. The van der Waals surface area contributed by atoms with E-state index in [1.54, 1.807) is 37.3 Å². The van der Waals surface area contributed by atoms with Crippen LogP contribution < -0.4 is 16.0 Å². The molecule has 1 aliphatic heterocycles. The largest absolute Gasteiger partial charge is 0.344 e. The number of barbiturate groups is 1. The molecule has 1 aromatic carbocycles. The Morgan fingerprint density at radius 1 is 1.07 bits per heavy atom. The van der Waals surface area contributed by atoms with Gasteiger partial charge in [-0.15, -0.1) is 0 Å². The molecule has 1 atom stereocenters. The van der Waals surface area contributed by atoms with Crippen molar-refractivity contribution in [3.8, 4) is 0 Å². The number of urea groups is 1. The van der Waals surface area contributed by atoms with E-state index in [1.165, 1.54) is 12.4 Å². The van der Waals surface area contributed by atoms with E-state index in [0.29, 0.717) is 17.5 Å². The fourth-order valence-corrected chi connectivity index (χ4v) is 3.68. The van der Waals surface area contributed by atoms with Gasteiger partial charge in [0.1, 0.15) is 0 Å². The molecule has 150 valence electrons. The number of hydrogen-bond acceptors (Lipinski definition) is 5. The Kier molecular flexibility index (Phi) is 5.72. The van der Waals surface area contributed by atoms with Crippen LogP contribution in [0.4, 0.5) is 4.79 Å². The minimum Gasteiger partial charge on any atom is -0.344 e. The van der Waals surface area contributed by atoms with Crippen molar-refractivity contribution in [2.45, 2.75) is 32.7 Å². The molecule has 5 amide bonds. The number of nitrogens with one attached hydrogen (secondary N) is 3. The zero-order valence-corrected chi connectivity index (χ0v) is 16.2. The van der Waals surface area contributed by atoms with Crippen LogP contribution in [-0.2, 0) is 9.59 Å². The number of aryl methyl sites for hydroxylation is 1. The Hall–Kier alpha value is -3.55. The summed E-state index contributed by atoms with van der Waals surface area (Å²) in [4.78, 5) is 54.6. The maximum Gasteiger partial charge on any atom is 0.328 e. The summed E-state index contributed by atoms with van der Waals surface area (Å²) >= 11 is 0. The van der Waals surface area contributed by atoms with E-state index in [1.807, 2.05) is 13.0 Å². The predicted molar refractivity (Wildman–Crippen MR) is 105 cm³/mol. The summed E-state index contributed by atoms with van der Waals surface area (Å²) < 4.78 is 0. The summed E-state index contributed by atoms with van der Waals surface area (Å²) in [5.41, 5.74) is 0.0548. The monoisotopic (exact) mass is 394 g/mol. The highest BCUT2D eigenvalue weighted by Crippen LogP contribution is 2.40. The van der Waals surface area contributed by atoms with Gasteiger partial charge >= 0.3 is 6.03 Å². The number of carbonyl (C=O) groups is 4. The highest BCUT2D eigenvalue weighted by atomic mass is 16.2. The predicted octanol–water partition coefficient (Wildman–Crippen LogP) is 2.01. The molecule has 3 N–H and O–H groups in total. The normalized spacial score (nSPS) is 16.6. The summed E-state index contributed by atoms with van der Waals surface area (Å²) in [5.74, 6) is -1.89. The topological polar surface area (TPSA) is 117 Å². The van der Waals surface area contributed by atoms with E-state index in [9.17, 15) is 19.2 Å². The van der Waals surface area contributed by atoms with Crippen molar-refractivity contribution < 1.29 is 19.2 Å². The number of aromatic nitrogens is 1. The third-order valence-corrected chi connectivity index (χ3v) is 5.11. The minimum atomic E-state index is -1.68. The van der Waals surface area contributed by atoms with Gasteiger partial charge in [0.2, 0.25) is 11.8 Å². The van der Waals surface area contributed by atoms with Crippen molar-refractivity contribution >= 4 is 23.8 Å². The van der Waals surface area contributed by atoms with Gasteiger partial charge in [0.05, 0.1) is 6.04 Å². The van der Waals surface area contributed by atoms with Gasteiger partial charge in [-0.05, 0) is 42.7 Å². The quantitative estimate of drug-likeness (QED) is 0.648. The highest BCUT2D eigenvalue weighted by Gasteiger charge is 2.56. The van der Waals surface area contributed by atoms with E-state index < -0.39 is 35.2 Å². The molecule has 1 aromatic heterocycles. The molecule has 0 radical (unpaired) electrons. The number of nitrogens with zero attached hydrogens (tertiary/aromatic N) is 1. The van der Waals surface area contributed by atoms with Gasteiger partial charge in [-0.3, -0.25) is 30.0 Å². The first-order valence-corrected chi connectivity index (χ1v) is 9.33. The molecule has 0 spiro atoms. The Balaban J connectivity index is 2.10. The van der Waals surface area contributed by atoms with Crippen LogP contribution in [0.3, 0.4) is 0 Å². The van der Waals surface area contributed by atoms with Crippen LogP contribution in [0.1, 0.15) is 47.3 Å². The van der Waals surface area contributed by atoms with E-state index in [2.05, 4.69) is 20.9 Å². The van der Waals surface area contributed by atoms with Crippen LogP contribution in [0.25, 0.3) is 0 Å². The smallest absolute Gasteiger partial charge is 0.328 e. The lowest BCUT2D eigenvalue weighted by atomic mass is 9.71. The third-order valence-electron chi connectivity index (χ3n) is 5.11. The van der Waals surface area contributed by atoms with Gasteiger partial charge < -0.3 is 5.32 Å². The first-order chi connectivity index (χ1) is 13.9. The third kappa shape index (κ3) is 3.73. The van der Waals surface area contributed by atoms with E-state index in [0.717, 1.165) is 5.56 Å². The van der Waals surface area contributed by atoms with Gasteiger partial charge in [-0.1, -0.05) is 31.5 Å². The zero-order chi connectivity index (χ0) is 21.0. The second-order valence-electron chi connectivity index (χ2n) is 6.96. The molecule has 8 heteroatoms. The number of amides is 5. The molecule has 1 aliphatic rings. The second kappa shape index (κ2) is 8.22. The molecule has 3 rings (SSSR count). The number of imide groups is 2. The van der Waals surface area contributed by atoms with E-state index in [4.69, 9.17) is 0 Å². The molecular formula is C21H22N4O4. The van der Waals surface area contributed by atoms with Crippen LogP contribution in [0.2, 0.25) is 0 Å². The standard InChI is InChI=1S/C21H22N4O4/c1-3-10-21(18(27)24-20(29)25-19(21)28)16(14-8-11-22-12-9-14)23-17(26)15-7-5-4-6-13(15)2/h4-9,11-12,16H,3,10H2,1-2H3,(H,23,26)(H2,24,25,27,28,29). The number of benzene rings is 1. The molecule has 0 saturated carbocycles. The van der Waals surface area contributed by atoms with Crippen LogP contribution in [-0.4, -0.2) is 28.7 Å². The number of pyridine rings is 1. The second-order valence-corrected chi connectivity index (χ2v) is 6.96. The molecule has 29 heavy (non-hydrogen) atoms. The van der Waals surface area contributed by atoms with Crippen molar-refractivity contribution in [1.29, 1.82) is 0 Å². The van der Waals surface area contributed by atoms with Crippen molar-refractivity contribution in [3.63, 3.8) is 0 Å². The summed E-state index contributed by atoms with van der Waals surface area (Å²) in [6.45, 7) is 3.63. The average molecular weight is 394 g/mol. The van der Waals surface area contributed by atoms with E-state index >= 15 is 0 Å². The lowest BCUT2D eigenvalue weighted by Gasteiger charge is -2.40. The Morgan fingerprint density at radius 3 is 2.28 bits per heavy atom. The molecular weight excluding hydrogens is 372 g/mol. The number of rotatable bonds is 6. The Bertz CT molecular complexity index is 938. The molecule has 1 saturated heterocycles. The lowest BCUT2D eigenvalue weighted by Crippen LogP contribution is -2.66. The van der Waals surface area contributed by atoms with Gasteiger partial charge in [0.25, 0.3) is 5.91 Å². The fraction of sp³-hybridized carbons (Fsp3) is 0.286. The number of carbonyl (C=O) groups excluding carboxylic acids is 4. The maximum absolute atomic E-state index is 13.1. The van der Waals surface area contributed by atoms with Gasteiger partial charge in [0, 0.05) is 18.0 Å². The lowest BCUT2D eigenvalue weighted by molar-refractivity contribution is -0.147.